The number of hydrogen-bond acceptors (Lipinski definition) is 3. The van der Waals surface area contributed by atoms with E-state index in [1.54, 1.807) is 4.90 Å². The molecule has 0 saturated carbocycles. The van der Waals surface area contributed by atoms with Crippen molar-refractivity contribution in [2.75, 3.05) is 13.1 Å². The van der Waals surface area contributed by atoms with Gasteiger partial charge in [0.25, 0.3) is 5.91 Å². The second-order valence-corrected chi connectivity index (χ2v) is 4.20. The molecule has 1 saturated heterocycles. The molecule has 1 aliphatic heterocycles. The van der Waals surface area contributed by atoms with Crippen LogP contribution in [-0.2, 0) is 0 Å². The van der Waals surface area contributed by atoms with E-state index in [1.807, 2.05) is 0 Å². The van der Waals surface area contributed by atoms with E-state index >= 15 is 0 Å². The molecule has 1 atom stereocenters. The Morgan fingerprint density at radius 2 is 2.00 bits per heavy atom. The van der Waals surface area contributed by atoms with Crippen LogP contribution in [0.4, 0.5) is 8.78 Å². The third-order valence-electron chi connectivity index (χ3n) is 2.84. The van der Waals surface area contributed by atoms with Gasteiger partial charge in [0.1, 0.15) is 5.75 Å². The van der Waals surface area contributed by atoms with E-state index in [-0.39, 0.29) is 30.1 Å². The highest BCUT2D eigenvalue weighted by atomic mass is 35.5. The van der Waals surface area contributed by atoms with Crippen molar-refractivity contribution in [3.05, 3.63) is 29.8 Å². The molecule has 0 unspecified atom stereocenters. The number of benzene rings is 1. The third kappa shape index (κ3) is 4.04. The number of halogens is 3. The summed E-state index contributed by atoms with van der Waals surface area (Å²) in [6, 6.07) is 5.69. The van der Waals surface area contributed by atoms with E-state index in [9.17, 15) is 13.6 Å². The number of hydrogen-bond donors (Lipinski definition) is 1. The SMILES string of the molecule is Cl.N[C@@H]1CCN(C(=O)c2ccc(OC(F)F)cc2)C1. The number of carbonyl (C=O) groups excluding carboxylic acids is 1. The highest BCUT2D eigenvalue weighted by Crippen LogP contribution is 2.17. The zero-order valence-corrected chi connectivity index (χ0v) is 10.9. The maximum atomic E-state index is 12.0. The second-order valence-electron chi connectivity index (χ2n) is 4.20. The second kappa shape index (κ2) is 6.68. The average molecular weight is 293 g/mol. The molecule has 0 bridgehead atoms. The Morgan fingerprint density at radius 3 is 2.47 bits per heavy atom. The van der Waals surface area contributed by atoms with Gasteiger partial charge in [0.15, 0.2) is 0 Å². The molecular weight excluding hydrogens is 278 g/mol. The highest BCUT2D eigenvalue weighted by molar-refractivity contribution is 5.94. The van der Waals surface area contributed by atoms with E-state index in [4.69, 9.17) is 5.73 Å². The van der Waals surface area contributed by atoms with E-state index in [0.29, 0.717) is 18.7 Å². The lowest BCUT2D eigenvalue weighted by Crippen LogP contribution is -2.31. The zero-order chi connectivity index (χ0) is 13.1. The van der Waals surface area contributed by atoms with Gasteiger partial charge in [0.2, 0.25) is 0 Å². The summed E-state index contributed by atoms with van der Waals surface area (Å²) < 4.78 is 28.1. The molecule has 0 spiro atoms. The summed E-state index contributed by atoms with van der Waals surface area (Å²) in [6.45, 7) is -1.69. The molecule has 0 radical (unpaired) electrons. The monoisotopic (exact) mass is 292 g/mol. The molecule has 2 N–H and O–H groups in total. The first-order valence-electron chi connectivity index (χ1n) is 5.66. The Kier molecular flexibility index (Phi) is 5.50. The van der Waals surface area contributed by atoms with Gasteiger partial charge in [-0.15, -0.1) is 12.4 Å². The summed E-state index contributed by atoms with van der Waals surface area (Å²) >= 11 is 0. The first kappa shape index (κ1) is 15.7. The normalized spacial score (nSPS) is 18.3. The first-order valence-corrected chi connectivity index (χ1v) is 5.66. The smallest absolute Gasteiger partial charge is 0.387 e. The number of ether oxygens (including phenoxy) is 1. The van der Waals surface area contributed by atoms with Crippen LogP contribution >= 0.6 is 12.4 Å². The third-order valence-corrected chi connectivity index (χ3v) is 2.84. The van der Waals surface area contributed by atoms with Gasteiger partial charge in [0, 0.05) is 24.7 Å². The molecule has 1 fully saturated rings. The van der Waals surface area contributed by atoms with Gasteiger partial charge >= 0.3 is 6.61 Å². The quantitative estimate of drug-likeness (QED) is 0.925. The minimum atomic E-state index is -2.86. The molecule has 7 heteroatoms. The minimum absolute atomic E-state index is 0. The van der Waals surface area contributed by atoms with Crippen molar-refractivity contribution in [2.24, 2.45) is 5.73 Å². The Morgan fingerprint density at radius 1 is 1.37 bits per heavy atom. The van der Waals surface area contributed by atoms with Crippen molar-refractivity contribution in [3.63, 3.8) is 0 Å². The van der Waals surface area contributed by atoms with Crippen molar-refractivity contribution in [2.45, 2.75) is 19.1 Å². The number of amides is 1. The van der Waals surface area contributed by atoms with Crippen molar-refractivity contribution in [1.29, 1.82) is 0 Å². The number of nitrogens with two attached hydrogens (primary N) is 1. The van der Waals surface area contributed by atoms with E-state index in [0.717, 1.165) is 6.42 Å². The topological polar surface area (TPSA) is 55.6 Å². The van der Waals surface area contributed by atoms with Crippen LogP contribution in [0.25, 0.3) is 0 Å². The van der Waals surface area contributed by atoms with Crippen LogP contribution in [0.1, 0.15) is 16.8 Å². The van der Waals surface area contributed by atoms with Gasteiger partial charge in [-0.05, 0) is 30.7 Å². The van der Waals surface area contributed by atoms with Crippen molar-refractivity contribution in [1.82, 2.24) is 4.90 Å². The fourth-order valence-corrected chi connectivity index (χ4v) is 1.93. The lowest BCUT2D eigenvalue weighted by Gasteiger charge is -2.15. The largest absolute Gasteiger partial charge is 0.435 e. The van der Waals surface area contributed by atoms with Crippen LogP contribution in [0.2, 0.25) is 0 Å². The van der Waals surface area contributed by atoms with Gasteiger partial charge in [-0.3, -0.25) is 4.79 Å². The summed E-state index contributed by atoms with van der Waals surface area (Å²) in [6.07, 6.45) is 0.790. The van der Waals surface area contributed by atoms with E-state index in [1.165, 1.54) is 24.3 Å². The lowest BCUT2D eigenvalue weighted by molar-refractivity contribution is -0.0498. The average Bonchev–Trinajstić information content (AvgIpc) is 2.75. The molecule has 1 amide bonds. The zero-order valence-electron chi connectivity index (χ0n) is 10.1. The number of nitrogens with zero attached hydrogens (tertiary/aromatic N) is 1. The van der Waals surface area contributed by atoms with Gasteiger partial charge < -0.3 is 15.4 Å². The van der Waals surface area contributed by atoms with Crippen molar-refractivity contribution < 1.29 is 18.3 Å². The summed E-state index contributed by atoms with van der Waals surface area (Å²) in [7, 11) is 0. The maximum absolute atomic E-state index is 12.0. The van der Waals surface area contributed by atoms with Gasteiger partial charge in [-0.1, -0.05) is 0 Å². The molecule has 1 aliphatic rings. The number of rotatable bonds is 3. The summed E-state index contributed by atoms with van der Waals surface area (Å²) in [5, 5.41) is 0. The highest BCUT2D eigenvalue weighted by Gasteiger charge is 2.24. The molecule has 106 valence electrons. The number of carbonyl (C=O) groups is 1. The van der Waals surface area contributed by atoms with Crippen LogP contribution < -0.4 is 10.5 Å². The van der Waals surface area contributed by atoms with E-state index < -0.39 is 6.61 Å². The van der Waals surface area contributed by atoms with Crippen LogP contribution in [0.5, 0.6) is 5.75 Å². The predicted molar refractivity (Wildman–Crippen MR) is 68.8 cm³/mol. The van der Waals surface area contributed by atoms with Gasteiger partial charge in [0.05, 0.1) is 0 Å². The molecule has 1 aromatic rings. The molecule has 0 aliphatic carbocycles. The van der Waals surface area contributed by atoms with Gasteiger partial charge in [-0.25, -0.2) is 0 Å². The molecular formula is C12H15ClF2N2O2. The van der Waals surface area contributed by atoms with Crippen molar-refractivity contribution >= 4 is 18.3 Å². The Labute approximate surface area is 115 Å². The Balaban J connectivity index is 0.00000180. The maximum Gasteiger partial charge on any atom is 0.387 e. The van der Waals surface area contributed by atoms with E-state index in [2.05, 4.69) is 4.74 Å². The van der Waals surface area contributed by atoms with Crippen LogP contribution in [0, 0.1) is 0 Å². The molecule has 0 aromatic heterocycles. The lowest BCUT2D eigenvalue weighted by atomic mass is 10.2. The summed E-state index contributed by atoms with van der Waals surface area (Å²) in [4.78, 5) is 13.7. The molecule has 1 aromatic carbocycles. The van der Waals surface area contributed by atoms with Crippen LogP contribution in [0.3, 0.4) is 0 Å². The van der Waals surface area contributed by atoms with Crippen LogP contribution in [-0.4, -0.2) is 36.5 Å². The molecule has 2 rings (SSSR count). The predicted octanol–water partition coefficient (Wildman–Crippen LogP) is 1.88. The summed E-state index contributed by atoms with van der Waals surface area (Å²) in [5.74, 6) is -0.0915. The molecule has 19 heavy (non-hydrogen) atoms. The first-order chi connectivity index (χ1) is 8.56. The molecule has 1 heterocycles. The standard InChI is InChI=1S/C12H14F2N2O2.ClH/c13-12(14)18-10-3-1-8(2-4-10)11(17)16-6-5-9(15)7-16;/h1-4,9,12H,5-7,15H2;1H/t9-;/m1./s1. The number of likely N-dealkylation sites (tertiary alicyclic amines) is 1. The molecule has 4 nitrogen and oxygen atoms in total. The fraction of sp³-hybridized carbons (Fsp3) is 0.417. The van der Waals surface area contributed by atoms with Crippen LogP contribution in [0.15, 0.2) is 24.3 Å². The minimum Gasteiger partial charge on any atom is -0.435 e. The number of alkyl halides is 2. The summed E-state index contributed by atoms with van der Waals surface area (Å²) in [5.41, 5.74) is 6.17. The van der Waals surface area contributed by atoms with Crippen molar-refractivity contribution in [3.8, 4) is 5.75 Å². The fourth-order valence-electron chi connectivity index (χ4n) is 1.93. The Hall–Kier alpha value is -1.40. The van der Waals surface area contributed by atoms with Gasteiger partial charge in [-0.2, -0.15) is 8.78 Å². The Bertz CT molecular complexity index is 428.